The van der Waals surface area contributed by atoms with Crippen LogP contribution < -0.4 is 0 Å². The summed E-state index contributed by atoms with van der Waals surface area (Å²) in [4.78, 5) is 20.8. The Morgan fingerprint density at radius 2 is 1.35 bits per heavy atom. The second-order valence-corrected chi connectivity index (χ2v) is 7.62. The van der Waals surface area contributed by atoms with E-state index in [1.165, 1.54) is 11.8 Å². The number of hydrogen-bond acceptors (Lipinski definition) is 3. The Morgan fingerprint density at radius 3 is 1.85 bits per heavy atom. The SMILES string of the molecule is CSC1=NC(=O)N(Cc2ccc(Cl)cc2)CCN1Cc1ccc(Cl)cc1. The van der Waals surface area contributed by atoms with Crippen molar-refractivity contribution in [2.24, 2.45) is 4.99 Å². The van der Waals surface area contributed by atoms with Crippen LogP contribution in [0.5, 0.6) is 0 Å². The van der Waals surface area contributed by atoms with Gasteiger partial charge in [-0.2, -0.15) is 4.99 Å². The Morgan fingerprint density at radius 1 is 0.885 bits per heavy atom. The van der Waals surface area contributed by atoms with Crippen molar-refractivity contribution in [3.05, 3.63) is 69.7 Å². The van der Waals surface area contributed by atoms with E-state index in [0.29, 0.717) is 29.7 Å². The average molecular weight is 408 g/mol. The lowest BCUT2D eigenvalue weighted by molar-refractivity contribution is 0.204. The summed E-state index contributed by atoms with van der Waals surface area (Å²) >= 11 is 13.4. The zero-order valence-electron chi connectivity index (χ0n) is 14.4. The molecular formula is C19H19Cl2N3OS. The van der Waals surface area contributed by atoms with Gasteiger partial charge in [0.15, 0.2) is 5.17 Å². The molecule has 0 fully saturated rings. The standard InChI is InChI=1S/C19H19Cl2N3OS/c1-26-19-22-18(25)23(12-14-2-6-16(20)7-3-14)10-11-24(19)13-15-4-8-17(21)9-5-15/h2-9H,10-13H2,1H3. The quantitative estimate of drug-likeness (QED) is 0.702. The number of amidine groups is 1. The monoisotopic (exact) mass is 407 g/mol. The molecule has 0 bridgehead atoms. The molecule has 0 aromatic heterocycles. The number of aliphatic imine (C=N–C) groups is 1. The first kappa shape index (κ1) is 19.1. The minimum atomic E-state index is -0.206. The van der Waals surface area contributed by atoms with Gasteiger partial charge in [0, 0.05) is 36.2 Å². The molecule has 2 aromatic carbocycles. The fourth-order valence-corrected chi connectivity index (χ4v) is 3.58. The molecule has 0 atom stereocenters. The number of nitrogens with zero attached hydrogens (tertiary/aromatic N) is 3. The van der Waals surface area contributed by atoms with Gasteiger partial charge in [-0.1, -0.05) is 59.2 Å². The number of thioether (sulfide) groups is 1. The van der Waals surface area contributed by atoms with Crippen LogP contribution in [-0.2, 0) is 13.1 Å². The molecular weight excluding hydrogens is 389 g/mol. The van der Waals surface area contributed by atoms with Crippen LogP contribution in [0.1, 0.15) is 11.1 Å². The predicted molar refractivity (Wildman–Crippen MR) is 110 cm³/mol. The molecule has 0 radical (unpaired) electrons. The summed E-state index contributed by atoms with van der Waals surface area (Å²) in [5.74, 6) is 0. The highest BCUT2D eigenvalue weighted by Crippen LogP contribution is 2.19. The lowest BCUT2D eigenvalue weighted by atomic mass is 10.2. The topological polar surface area (TPSA) is 35.9 Å². The maximum Gasteiger partial charge on any atom is 0.346 e. The number of halogens is 2. The highest BCUT2D eigenvalue weighted by Gasteiger charge is 2.23. The van der Waals surface area contributed by atoms with Crippen LogP contribution in [0.15, 0.2) is 53.5 Å². The molecule has 0 spiro atoms. The molecule has 0 saturated carbocycles. The molecule has 2 aromatic rings. The van der Waals surface area contributed by atoms with E-state index in [9.17, 15) is 4.79 Å². The van der Waals surface area contributed by atoms with Gasteiger partial charge in [-0.3, -0.25) is 0 Å². The third kappa shape index (κ3) is 4.93. The number of amides is 2. The molecule has 0 unspecified atom stereocenters. The number of carbonyl (C=O) groups excluding carboxylic acids is 1. The lowest BCUT2D eigenvalue weighted by Crippen LogP contribution is -2.34. The van der Waals surface area contributed by atoms with Gasteiger partial charge >= 0.3 is 6.03 Å². The van der Waals surface area contributed by atoms with Crippen LogP contribution in [0.2, 0.25) is 10.0 Å². The van der Waals surface area contributed by atoms with Crippen LogP contribution in [0.4, 0.5) is 4.79 Å². The predicted octanol–water partition coefficient (Wildman–Crippen LogP) is 5.15. The fourth-order valence-electron chi connectivity index (χ4n) is 2.74. The summed E-state index contributed by atoms with van der Waals surface area (Å²) in [5, 5.41) is 2.14. The number of rotatable bonds is 4. The van der Waals surface area contributed by atoms with Gasteiger partial charge in [0.2, 0.25) is 0 Å². The van der Waals surface area contributed by atoms with Gasteiger partial charge in [-0.15, -0.1) is 0 Å². The van der Waals surface area contributed by atoms with Crippen LogP contribution in [0.25, 0.3) is 0 Å². The summed E-state index contributed by atoms with van der Waals surface area (Å²) in [5.41, 5.74) is 2.17. The molecule has 1 aliphatic rings. The molecule has 7 heteroatoms. The van der Waals surface area contributed by atoms with Crippen LogP contribution in [0.3, 0.4) is 0 Å². The molecule has 1 aliphatic heterocycles. The number of hydrogen-bond donors (Lipinski definition) is 0. The van der Waals surface area contributed by atoms with E-state index >= 15 is 0 Å². The van der Waals surface area contributed by atoms with Crippen LogP contribution >= 0.6 is 35.0 Å². The molecule has 4 nitrogen and oxygen atoms in total. The van der Waals surface area contributed by atoms with Crippen molar-refractivity contribution in [1.29, 1.82) is 0 Å². The van der Waals surface area contributed by atoms with Crippen molar-refractivity contribution in [3.63, 3.8) is 0 Å². The van der Waals surface area contributed by atoms with E-state index in [1.807, 2.05) is 54.8 Å². The summed E-state index contributed by atoms with van der Waals surface area (Å²) in [6.07, 6.45) is 1.94. The molecule has 136 valence electrons. The van der Waals surface area contributed by atoms with Crippen molar-refractivity contribution in [3.8, 4) is 0 Å². The highest BCUT2D eigenvalue weighted by atomic mass is 35.5. The zero-order valence-corrected chi connectivity index (χ0v) is 16.7. The average Bonchev–Trinajstić information content (AvgIpc) is 2.78. The first-order chi connectivity index (χ1) is 12.5. The maximum absolute atomic E-state index is 12.6. The van der Waals surface area contributed by atoms with Crippen LogP contribution in [0, 0.1) is 0 Å². The maximum atomic E-state index is 12.6. The number of benzene rings is 2. The third-order valence-corrected chi connectivity index (χ3v) is 5.35. The third-order valence-electron chi connectivity index (χ3n) is 4.13. The lowest BCUT2D eigenvalue weighted by Gasteiger charge is -2.24. The van der Waals surface area contributed by atoms with Gasteiger partial charge in [-0.25, -0.2) is 4.79 Å². The second kappa shape index (κ2) is 8.80. The molecule has 0 N–H and O–H groups in total. The highest BCUT2D eigenvalue weighted by molar-refractivity contribution is 8.13. The molecule has 0 aliphatic carbocycles. The van der Waals surface area contributed by atoms with Crippen molar-refractivity contribution in [1.82, 2.24) is 9.80 Å². The molecule has 26 heavy (non-hydrogen) atoms. The Labute approximate surface area is 167 Å². The molecule has 2 amide bonds. The van der Waals surface area contributed by atoms with Gasteiger partial charge in [0.25, 0.3) is 0 Å². The Balaban J connectivity index is 1.72. The number of carbonyl (C=O) groups is 1. The molecule has 1 heterocycles. The van der Waals surface area contributed by atoms with Crippen molar-refractivity contribution in [2.75, 3.05) is 19.3 Å². The van der Waals surface area contributed by atoms with Crippen molar-refractivity contribution >= 4 is 46.2 Å². The Bertz CT molecular complexity index is 793. The van der Waals surface area contributed by atoms with Gasteiger partial charge in [-0.05, 0) is 41.6 Å². The Hall–Kier alpha value is -1.69. The summed E-state index contributed by atoms with van der Waals surface area (Å²) in [6.45, 7) is 2.55. The minimum Gasteiger partial charge on any atom is -0.345 e. The van der Waals surface area contributed by atoms with Crippen LogP contribution in [-0.4, -0.2) is 40.3 Å². The smallest absolute Gasteiger partial charge is 0.345 e. The second-order valence-electron chi connectivity index (χ2n) is 5.98. The largest absolute Gasteiger partial charge is 0.346 e. The minimum absolute atomic E-state index is 0.206. The van der Waals surface area contributed by atoms with E-state index in [2.05, 4.69) is 9.89 Å². The number of urea groups is 1. The first-order valence-electron chi connectivity index (χ1n) is 8.20. The summed E-state index contributed by atoms with van der Waals surface area (Å²) < 4.78 is 0. The van der Waals surface area contributed by atoms with E-state index in [4.69, 9.17) is 23.2 Å². The van der Waals surface area contributed by atoms with E-state index in [-0.39, 0.29) is 6.03 Å². The normalized spacial score (nSPS) is 15.0. The van der Waals surface area contributed by atoms with Crippen molar-refractivity contribution < 1.29 is 4.79 Å². The zero-order chi connectivity index (χ0) is 18.5. The molecule has 0 saturated heterocycles. The van der Waals surface area contributed by atoms with E-state index in [0.717, 1.165) is 22.8 Å². The van der Waals surface area contributed by atoms with Crippen molar-refractivity contribution in [2.45, 2.75) is 13.1 Å². The van der Waals surface area contributed by atoms with Gasteiger partial charge in [0.05, 0.1) is 0 Å². The fraction of sp³-hybridized carbons (Fsp3) is 0.263. The molecule has 3 rings (SSSR count). The van der Waals surface area contributed by atoms with Gasteiger partial charge in [0.1, 0.15) is 0 Å². The van der Waals surface area contributed by atoms with E-state index < -0.39 is 0 Å². The van der Waals surface area contributed by atoms with E-state index in [1.54, 1.807) is 4.90 Å². The first-order valence-corrected chi connectivity index (χ1v) is 10.2. The Kier molecular flexibility index (Phi) is 6.46. The summed E-state index contributed by atoms with van der Waals surface area (Å²) in [7, 11) is 0. The van der Waals surface area contributed by atoms with Gasteiger partial charge < -0.3 is 9.80 Å². The summed E-state index contributed by atoms with van der Waals surface area (Å²) in [6, 6.07) is 15.1.